The molecule has 0 atom stereocenters. The molecule has 6 heteroatoms. The molecule has 0 radical (unpaired) electrons. The zero-order chi connectivity index (χ0) is 15.8. The second-order valence-corrected chi connectivity index (χ2v) is 25.5. The summed E-state index contributed by atoms with van der Waals surface area (Å²) in [4.78, 5) is 0. The molecule has 0 fully saturated rings. The van der Waals surface area contributed by atoms with Gasteiger partial charge in [0.2, 0.25) is 0 Å². The van der Waals surface area contributed by atoms with Gasteiger partial charge in [-0.15, -0.1) is 26.3 Å². The van der Waals surface area contributed by atoms with Gasteiger partial charge in [0.25, 0.3) is 0 Å². The molecule has 0 bridgehead atoms. The van der Waals surface area contributed by atoms with Gasteiger partial charge in [-0.05, 0) is 38.3 Å². The van der Waals surface area contributed by atoms with Gasteiger partial charge in [-0.3, -0.25) is 0 Å². The van der Waals surface area contributed by atoms with E-state index in [0.29, 0.717) is 9.47 Å². The van der Waals surface area contributed by atoms with Crippen LogP contribution >= 0.6 is 40.0 Å². The number of halogens is 2. The van der Waals surface area contributed by atoms with Gasteiger partial charge >= 0.3 is 49.4 Å². The summed E-state index contributed by atoms with van der Waals surface area (Å²) in [5.74, 6) is 0. The molecule has 0 unspecified atom stereocenters. The van der Waals surface area contributed by atoms with Crippen LogP contribution in [0.1, 0.15) is 13.8 Å². The third-order valence-corrected chi connectivity index (χ3v) is 10.1. The van der Waals surface area contributed by atoms with Crippen molar-refractivity contribution in [2.24, 2.45) is 0 Å². The Labute approximate surface area is 147 Å². The zero-order valence-corrected chi connectivity index (χ0v) is 20.6. The van der Waals surface area contributed by atoms with Crippen LogP contribution in [0.4, 0.5) is 0 Å². The van der Waals surface area contributed by atoms with Crippen molar-refractivity contribution >= 4 is 56.6 Å². The average Bonchev–Trinajstić information content (AvgIpc) is 2.34. The number of rotatable bonds is 4. The van der Waals surface area contributed by atoms with E-state index in [0.717, 1.165) is 0 Å². The van der Waals surface area contributed by atoms with Crippen molar-refractivity contribution in [3.8, 4) is 0 Å². The average molecular weight is 551 g/mol. The van der Waals surface area contributed by atoms with E-state index >= 15 is 0 Å². The third-order valence-electron chi connectivity index (χ3n) is 2.26. The third kappa shape index (κ3) is 26.5. The normalized spacial score (nSPS) is 9.56. The molecule has 0 spiro atoms. The minimum atomic E-state index is -1.27. The van der Waals surface area contributed by atoms with E-state index in [4.69, 9.17) is 4.12 Å². The van der Waals surface area contributed by atoms with Gasteiger partial charge in [0.05, 0.1) is 0 Å². The zero-order valence-electron chi connectivity index (χ0n) is 12.9. The molecule has 111 valence electrons. The maximum absolute atomic E-state index is 6.20. The van der Waals surface area contributed by atoms with Gasteiger partial charge in [0, 0.05) is 0 Å². The van der Waals surface area contributed by atoms with Crippen LogP contribution in [0.15, 0.2) is 26.3 Å². The predicted octanol–water partition coefficient (Wildman–Crippen LogP) is 6.83. The van der Waals surface area contributed by atoms with E-state index in [1.165, 1.54) is 12.1 Å². The van der Waals surface area contributed by atoms with E-state index < -0.39 is 16.6 Å². The fraction of sp³-hybridized carbons (Fsp3) is 0.667. The Morgan fingerprint density at radius 3 is 1.11 bits per heavy atom. The molecule has 0 amide bonds. The second kappa shape index (κ2) is 18.9. The molecule has 1 nitrogen and oxygen atoms in total. The van der Waals surface area contributed by atoms with Crippen LogP contribution in [0.5, 0.6) is 0 Å². The van der Waals surface area contributed by atoms with Gasteiger partial charge in [0.1, 0.15) is 0 Å². The van der Waals surface area contributed by atoms with Crippen LogP contribution < -0.4 is 0 Å². The van der Waals surface area contributed by atoms with Crippen LogP contribution in [0.3, 0.4) is 0 Å². The Bertz CT molecular complexity index is 154. The molecule has 0 aromatic rings. The number of hydrogen-bond acceptors (Lipinski definition) is 1. The first-order valence-electron chi connectivity index (χ1n) is 5.87. The molecule has 0 aliphatic rings. The molecule has 0 aliphatic carbocycles. The van der Waals surface area contributed by atoms with E-state index in [1.54, 1.807) is 0 Å². The van der Waals surface area contributed by atoms with Crippen molar-refractivity contribution in [1.82, 2.24) is 0 Å². The monoisotopic (exact) mass is 551 g/mol. The molecule has 18 heavy (non-hydrogen) atoms. The topological polar surface area (TPSA) is 9.23 Å². The van der Waals surface area contributed by atoms with E-state index in [1.807, 2.05) is 0 Å². The molecule has 0 heterocycles. The summed E-state index contributed by atoms with van der Waals surface area (Å²) in [6.07, 6.45) is 0. The van der Waals surface area contributed by atoms with Crippen molar-refractivity contribution in [1.29, 1.82) is 0 Å². The van der Waals surface area contributed by atoms with Crippen LogP contribution in [0, 0.1) is 0 Å². The Kier molecular flexibility index (Phi) is 29.6. The fourth-order valence-corrected chi connectivity index (χ4v) is 8.03. The first-order chi connectivity index (χ1) is 8.24. The summed E-state index contributed by atoms with van der Waals surface area (Å²) < 4.78 is 6.20. The van der Waals surface area contributed by atoms with Gasteiger partial charge in [-0.1, -0.05) is 13.8 Å². The molecule has 0 rings (SSSR count). The van der Waals surface area contributed by atoms with Crippen molar-refractivity contribution in [2.45, 2.75) is 52.1 Å². The molecule has 0 aromatic heterocycles. The summed E-state index contributed by atoms with van der Waals surface area (Å²) in [6.45, 7) is 25.8. The second-order valence-electron chi connectivity index (χ2n) is 4.39. The fourth-order valence-electron chi connectivity index (χ4n) is 0.892. The quantitative estimate of drug-likeness (QED) is 0.212. The summed E-state index contributed by atoms with van der Waals surface area (Å²) >= 11 is 4.74. The van der Waals surface area contributed by atoms with Crippen LogP contribution in [-0.2, 0) is 13.6 Å². The summed E-state index contributed by atoms with van der Waals surface area (Å²) in [5, 5.41) is 0. The minimum absolute atomic E-state index is 0.628. The standard InChI is InChI=1S/C8H22OSi2.2C2H4.2HI.V/c1-7-10(3,4)9-11(5,6)8-2;2*1-2;;;/h7-8H2,1-6H3;2*1-2H2;2*1H;/q;;;;;+2/p-2. The van der Waals surface area contributed by atoms with Crippen molar-refractivity contribution in [3.05, 3.63) is 26.3 Å². The van der Waals surface area contributed by atoms with Gasteiger partial charge in [-0.2, -0.15) is 0 Å². The maximum atomic E-state index is 6.20. The van der Waals surface area contributed by atoms with Gasteiger partial charge in [0.15, 0.2) is 16.6 Å². The Morgan fingerprint density at radius 1 is 0.833 bits per heavy atom. The first kappa shape index (κ1) is 28.1. The molecule has 0 aliphatic heterocycles. The van der Waals surface area contributed by atoms with Crippen LogP contribution in [-0.4, -0.2) is 16.6 Å². The molecule has 0 N–H and O–H groups in total. The van der Waals surface area contributed by atoms with Crippen molar-refractivity contribution in [2.75, 3.05) is 0 Å². The Balaban J connectivity index is -0.000000118. The molecule has 0 saturated carbocycles. The molecular formula is C12H30I2OSi2V. The van der Waals surface area contributed by atoms with Gasteiger partial charge < -0.3 is 4.12 Å². The molecule has 0 aromatic carbocycles. The van der Waals surface area contributed by atoms with E-state index in [2.05, 4.69) is 106 Å². The molecular weight excluding hydrogens is 521 g/mol. The van der Waals surface area contributed by atoms with E-state index in [-0.39, 0.29) is 0 Å². The summed E-state index contributed by atoms with van der Waals surface area (Å²) in [5.41, 5.74) is 0. The first-order valence-corrected chi connectivity index (χ1v) is 21.1. The van der Waals surface area contributed by atoms with Gasteiger partial charge in [-0.25, -0.2) is 0 Å². The molecule has 0 saturated heterocycles. The summed E-state index contributed by atoms with van der Waals surface area (Å²) in [7, 11) is -1.92. The Morgan fingerprint density at radius 2 is 1.00 bits per heavy atom. The number of hydrogen-bond donors (Lipinski definition) is 0. The van der Waals surface area contributed by atoms with Crippen LogP contribution in [0.25, 0.3) is 0 Å². The SMILES string of the molecule is C=C.C=C.CC[Si](C)(C)O[Si](C)(C)CC.[I][V][I]. The van der Waals surface area contributed by atoms with Crippen LogP contribution in [0.2, 0.25) is 38.3 Å². The van der Waals surface area contributed by atoms with Crippen molar-refractivity contribution in [3.63, 3.8) is 0 Å². The van der Waals surface area contributed by atoms with E-state index in [9.17, 15) is 0 Å². The summed E-state index contributed by atoms with van der Waals surface area (Å²) in [6, 6.07) is 2.48. The Hall–Kier alpha value is 1.92. The van der Waals surface area contributed by atoms with Crippen molar-refractivity contribution < 1.29 is 13.6 Å². The predicted molar refractivity (Wildman–Crippen MR) is 108 cm³/mol.